The Bertz CT molecular complexity index is 859. The Labute approximate surface area is 207 Å². The maximum atomic E-state index is 5.93. The van der Waals surface area contributed by atoms with Gasteiger partial charge in [0.15, 0.2) is 0 Å². The fourth-order valence-corrected chi connectivity index (χ4v) is 12.7. The van der Waals surface area contributed by atoms with E-state index in [9.17, 15) is 0 Å². The van der Waals surface area contributed by atoms with Crippen LogP contribution in [-0.4, -0.2) is 25.7 Å². The molecule has 0 saturated carbocycles. The summed E-state index contributed by atoms with van der Waals surface area (Å²) in [6, 6.07) is 33.3. The summed E-state index contributed by atoms with van der Waals surface area (Å²) in [6.07, 6.45) is 9.22. The quantitative estimate of drug-likeness (QED) is 0.199. The zero-order chi connectivity index (χ0) is 22.8. The summed E-state index contributed by atoms with van der Waals surface area (Å²) in [5.74, 6) is 0. The van der Waals surface area contributed by atoms with Gasteiger partial charge in [0.2, 0.25) is 0 Å². The second-order valence-corrected chi connectivity index (χ2v) is 18.1. The van der Waals surface area contributed by atoms with Gasteiger partial charge in [-0.2, -0.15) is 0 Å². The Kier molecular flexibility index (Phi) is 8.77. The van der Waals surface area contributed by atoms with Crippen molar-refractivity contribution in [1.82, 2.24) is 0 Å². The summed E-state index contributed by atoms with van der Waals surface area (Å²) >= 11 is 4.54. The molecule has 0 aliphatic carbocycles. The molecular formula is C29H36BrO2P. The Balaban J connectivity index is 1.50. The van der Waals surface area contributed by atoms with Crippen molar-refractivity contribution in [3.63, 3.8) is 0 Å². The summed E-state index contributed by atoms with van der Waals surface area (Å²) < 4.78 is 11.6. The van der Waals surface area contributed by atoms with Crippen LogP contribution in [0.5, 0.6) is 0 Å². The normalized spacial score (nSPS) is 17.8. The van der Waals surface area contributed by atoms with Crippen LogP contribution in [0.3, 0.4) is 0 Å². The molecule has 0 bridgehead atoms. The van der Waals surface area contributed by atoms with Crippen molar-refractivity contribution < 1.29 is 9.47 Å². The fraction of sp³-hybridized carbons (Fsp3) is 0.379. The molecule has 1 unspecified atom stereocenters. The first-order valence-electron chi connectivity index (χ1n) is 12.3. The maximum absolute atomic E-state index is 5.93. The molecule has 2 nitrogen and oxygen atoms in total. The van der Waals surface area contributed by atoms with E-state index in [0.717, 1.165) is 32.2 Å². The fourth-order valence-electron chi connectivity index (χ4n) is 4.97. The molecule has 1 saturated heterocycles. The van der Waals surface area contributed by atoms with E-state index in [0.29, 0.717) is 0 Å². The Morgan fingerprint density at radius 3 is 1.70 bits per heavy atom. The van der Waals surface area contributed by atoms with Crippen LogP contribution in [-0.2, 0) is 9.47 Å². The number of hydrogen-bond donors (Lipinski definition) is 0. The standard InChI is InChI=1S/C29H36BrO2P/c30-33(26-16-6-3-7-17-26,27-18-8-4-9-19-27,28-20-10-5-11-21-28)25-15-2-1-13-23-31-29-22-12-14-24-32-29/h3-11,16-21,29H,1-2,12-15,22-25H2. The molecule has 4 rings (SSSR count). The molecule has 1 atom stereocenters. The summed E-state index contributed by atoms with van der Waals surface area (Å²) in [5.41, 5.74) is 0. The van der Waals surface area contributed by atoms with Crippen molar-refractivity contribution in [2.45, 2.75) is 51.2 Å². The van der Waals surface area contributed by atoms with E-state index in [4.69, 9.17) is 9.47 Å². The van der Waals surface area contributed by atoms with Crippen LogP contribution < -0.4 is 15.9 Å². The molecule has 1 fully saturated rings. The predicted molar refractivity (Wildman–Crippen MR) is 147 cm³/mol. The molecule has 3 aromatic carbocycles. The Hall–Kier alpha value is -1.51. The van der Waals surface area contributed by atoms with E-state index >= 15 is 0 Å². The van der Waals surface area contributed by atoms with Crippen LogP contribution in [0.2, 0.25) is 0 Å². The molecule has 0 amide bonds. The molecule has 0 N–H and O–H groups in total. The third-order valence-corrected chi connectivity index (χ3v) is 16.8. The van der Waals surface area contributed by atoms with E-state index in [1.54, 1.807) is 0 Å². The molecule has 1 aliphatic heterocycles. The zero-order valence-corrected chi connectivity index (χ0v) is 21.9. The molecule has 1 aliphatic rings. The van der Waals surface area contributed by atoms with Crippen LogP contribution in [0, 0.1) is 0 Å². The molecule has 176 valence electrons. The van der Waals surface area contributed by atoms with E-state index < -0.39 is 5.31 Å². The van der Waals surface area contributed by atoms with Gasteiger partial charge in [0.25, 0.3) is 0 Å². The van der Waals surface area contributed by atoms with E-state index in [2.05, 4.69) is 106 Å². The average molecular weight is 527 g/mol. The zero-order valence-electron chi connectivity index (χ0n) is 19.5. The molecule has 0 radical (unpaired) electrons. The van der Waals surface area contributed by atoms with Crippen molar-refractivity contribution in [3.8, 4) is 0 Å². The number of ether oxygens (including phenoxy) is 2. The molecular weight excluding hydrogens is 491 g/mol. The van der Waals surface area contributed by atoms with Crippen molar-refractivity contribution in [1.29, 1.82) is 0 Å². The topological polar surface area (TPSA) is 18.5 Å². The summed E-state index contributed by atoms with van der Waals surface area (Å²) in [6.45, 7) is 1.65. The Morgan fingerprint density at radius 1 is 0.697 bits per heavy atom. The number of halogens is 1. The van der Waals surface area contributed by atoms with Crippen molar-refractivity contribution in [3.05, 3.63) is 91.0 Å². The summed E-state index contributed by atoms with van der Waals surface area (Å²) in [4.78, 5) is 0. The van der Waals surface area contributed by atoms with Crippen LogP contribution in [0.25, 0.3) is 0 Å². The van der Waals surface area contributed by atoms with Gasteiger partial charge in [-0.25, -0.2) is 0 Å². The second-order valence-electron chi connectivity index (χ2n) is 8.99. The average Bonchev–Trinajstić information content (AvgIpc) is 2.90. The predicted octanol–water partition coefficient (Wildman–Crippen LogP) is 6.93. The van der Waals surface area contributed by atoms with Gasteiger partial charge in [0.05, 0.1) is 0 Å². The first-order chi connectivity index (χ1) is 16.2. The van der Waals surface area contributed by atoms with Gasteiger partial charge in [-0.05, 0) is 0 Å². The number of hydrogen-bond acceptors (Lipinski definition) is 2. The molecule has 33 heavy (non-hydrogen) atoms. The monoisotopic (exact) mass is 526 g/mol. The molecule has 0 spiro atoms. The molecule has 4 heteroatoms. The third kappa shape index (κ3) is 5.60. The minimum atomic E-state index is -2.77. The van der Waals surface area contributed by atoms with Crippen LogP contribution >= 0.6 is 20.8 Å². The summed E-state index contributed by atoms with van der Waals surface area (Å²) in [7, 11) is 0. The number of benzene rings is 3. The van der Waals surface area contributed by atoms with E-state index in [1.165, 1.54) is 48.0 Å². The van der Waals surface area contributed by atoms with Gasteiger partial charge in [-0.3, -0.25) is 0 Å². The minimum absolute atomic E-state index is 0.0263. The van der Waals surface area contributed by atoms with Gasteiger partial charge < -0.3 is 0 Å². The van der Waals surface area contributed by atoms with E-state index in [-0.39, 0.29) is 6.29 Å². The van der Waals surface area contributed by atoms with Crippen molar-refractivity contribution in [2.75, 3.05) is 19.4 Å². The van der Waals surface area contributed by atoms with Gasteiger partial charge in [0, 0.05) is 0 Å². The molecule has 0 aromatic heterocycles. The number of rotatable bonds is 11. The molecule has 3 aromatic rings. The SMILES string of the molecule is BrP(CCCCCCOC1CCCCO1)(c1ccccc1)(c1ccccc1)c1ccccc1. The van der Waals surface area contributed by atoms with Crippen molar-refractivity contribution in [2.24, 2.45) is 0 Å². The number of unbranched alkanes of at least 4 members (excludes halogenated alkanes) is 3. The van der Waals surface area contributed by atoms with E-state index in [1.807, 2.05) is 0 Å². The second kappa shape index (κ2) is 11.8. The molecule has 1 heterocycles. The van der Waals surface area contributed by atoms with Gasteiger partial charge in [-0.1, -0.05) is 0 Å². The van der Waals surface area contributed by atoms with Gasteiger partial charge in [-0.15, -0.1) is 0 Å². The van der Waals surface area contributed by atoms with Gasteiger partial charge >= 0.3 is 208 Å². The summed E-state index contributed by atoms with van der Waals surface area (Å²) in [5, 5.41) is 1.43. The van der Waals surface area contributed by atoms with Crippen LogP contribution in [0.4, 0.5) is 0 Å². The van der Waals surface area contributed by atoms with Gasteiger partial charge in [0.1, 0.15) is 0 Å². The first-order valence-corrected chi connectivity index (χ1v) is 16.8. The van der Waals surface area contributed by atoms with Crippen molar-refractivity contribution >= 4 is 36.7 Å². The first kappa shape index (κ1) is 24.6. The van der Waals surface area contributed by atoms with Crippen LogP contribution in [0.1, 0.15) is 44.9 Å². The van der Waals surface area contributed by atoms with Crippen LogP contribution in [0.15, 0.2) is 91.0 Å². The third-order valence-electron chi connectivity index (χ3n) is 6.80. The Morgan fingerprint density at radius 2 is 1.21 bits per heavy atom.